The lowest BCUT2D eigenvalue weighted by atomic mass is 9.97. The number of hydrogen-bond donors (Lipinski definition) is 1. The van der Waals surface area contributed by atoms with Crippen molar-refractivity contribution in [1.29, 1.82) is 0 Å². The standard InChI is InChI=1S/C22H28N2O2/c1-16-14-24(15-17(2)26-16)22(25)18(3)23-21(19-10-6-4-7-11-19)20-12-8-5-9-13-20/h4-13,16-18,21,23H,14-15H2,1-3H3/t16-,17+,18-/m1/s1. The summed E-state index contributed by atoms with van der Waals surface area (Å²) in [6, 6.07) is 20.2. The fourth-order valence-corrected chi connectivity index (χ4v) is 3.63. The fourth-order valence-electron chi connectivity index (χ4n) is 3.63. The van der Waals surface area contributed by atoms with E-state index in [-0.39, 0.29) is 30.2 Å². The van der Waals surface area contributed by atoms with Gasteiger partial charge in [-0.3, -0.25) is 10.1 Å². The molecule has 3 atom stereocenters. The van der Waals surface area contributed by atoms with E-state index < -0.39 is 0 Å². The van der Waals surface area contributed by atoms with Gasteiger partial charge in [-0.15, -0.1) is 0 Å². The molecule has 2 aromatic rings. The molecule has 1 N–H and O–H groups in total. The Kier molecular flexibility index (Phi) is 6.07. The van der Waals surface area contributed by atoms with E-state index in [9.17, 15) is 4.79 Å². The van der Waals surface area contributed by atoms with Crippen LogP contribution in [0.3, 0.4) is 0 Å². The average molecular weight is 352 g/mol. The van der Waals surface area contributed by atoms with Gasteiger partial charge in [-0.05, 0) is 31.9 Å². The molecular formula is C22H28N2O2. The first kappa shape index (κ1) is 18.6. The van der Waals surface area contributed by atoms with Crippen molar-refractivity contribution >= 4 is 5.91 Å². The zero-order valence-electron chi connectivity index (χ0n) is 15.8. The molecule has 0 aliphatic carbocycles. The second-order valence-corrected chi connectivity index (χ2v) is 7.14. The Bertz CT molecular complexity index is 655. The third-order valence-electron chi connectivity index (χ3n) is 4.78. The first-order valence-corrected chi connectivity index (χ1v) is 9.34. The van der Waals surface area contributed by atoms with Crippen LogP contribution in [0.4, 0.5) is 0 Å². The molecular weight excluding hydrogens is 324 g/mol. The highest BCUT2D eigenvalue weighted by Crippen LogP contribution is 2.23. The number of nitrogens with one attached hydrogen (secondary N) is 1. The summed E-state index contributed by atoms with van der Waals surface area (Å²) in [6.45, 7) is 7.29. The van der Waals surface area contributed by atoms with Gasteiger partial charge in [-0.25, -0.2) is 0 Å². The first-order chi connectivity index (χ1) is 12.5. The molecule has 0 spiro atoms. The van der Waals surface area contributed by atoms with Gasteiger partial charge in [-0.1, -0.05) is 60.7 Å². The highest BCUT2D eigenvalue weighted by atomic mass is 16.5. The van der Waals surface area contributed by atoms with Crippen molar-refractivity contribution in [2.45, 2.75) is 45.1 Å². The molecule has 26 heavy (non-hydrogen) atoms. The van der Waals surface area contributed by atoms with Crippen molar-refractivity contribution in [2.75, 3.05) is 13.1 Å². The van der Waals surface area contributed by atoms with Gasteiger partial charge in [0.25, 0.3) is 0 Å². The molecule has 4 heteroatoms. The Morgan fingerprint density at radius 2 is 1.42 bits per heavy atom. The van der Waals surface area contributed by atoms with Crippen LogP contribution in [-0.2, 0) is 9.53 Å². The van der Waals surface area contributed by atoms with Crippen molar-refractivity contribution < 1.29 is 9.53 Å². The number of amides is 1. The van der Waals surface area contributed by atoms with Crippen LogP contribution < -0.4 is 5.32 Å². The van der Waals surface area contributed by atoms with Gasteiger partial charge >= 0.3 is 0 Å². The Morgan fingerprint density at radius 3 is 1.88 bits per heavy atom. The van der Waals surface area contributed by atoms with Crippen LogP contribution in [0.5, 0.6) is 0 Å². The largest absolute Gasteiger partial charge is 0.372 e. The van der Waals surface area contributed by atoms with Crippen molar-refractivity contribution in [3.05, 3.63) is 71.8 Å². The van der Waals surface area contributed by atoms with E-state index in [4.69, 9.17) is 4.74 Å². The first-order valence-electron chi connectivity index (χ1n) is 9.34. The molecule has 0 unspecified atom stereocenters. The van der Waals surface area contributed by atoms with E-state index in [2.05, 4.69) is 29.6 Å². The van der Waals surface area contributed by atoms with Gasteiger partial charge in [0.1, 0.15) is 0 Å². The highest BCUT2D eigenvalue weighted by molar-refractivity contribution is 5.81. The molecule has 4 nitrogen and oxygen atoms in total. The third-order valence-corrected chi connectivity index (χ3v) is 4.78. The van der Waals surface area contributed by atoms with Crippen LogP contribution in [0, 0.1) is 0 Å². The van der Waals surface area contributed by atoms with Crippen LogP contribution in [0.25, 0.3) is 0 Å². The third kappa shape index (κ3) is 4.51. The number of ether oxygens (including phenoxy) is 1. The predicted molar refractivity (Wildman–Crippen MR) is 104 cm³/mol. The van der Waals surface area contributed by atoms with E-state index >= 15 is 0 Å². The van der Waals surface area contributed by atoms with E-state index in [1.165, 1.54) is 0 Å². The van der Waals surface area contributed by atoms with Gasteiger partial charge in [0.2, 0.25) is 5.91 Å². The van der Waals surface area contributed by atoms with Gasteiger partial charge < -0.3 is 9.64 Å². The molecule has 1 fully saturated rings. The number of rotatable bonds is 5. The molecule has 2 aromatic carbocycles. The summed E-state index contributed by atoms with van der Waals surface area (Å²) >= 11 is 0. The summed E-state index contributed by atoms with van der Waals surface area (Å²) in [5, 5.41) is 3.54. The molecule has 0 radical (unpaired) electrons. The maximum Gasteiger partial charge on any atom is 0.239 e. The van der Waals surface area contributed by atoms with E-state index in [0.29, 0.717) is 13.1 Å². The molecule has 1 aliphatic heterocycles. The van der Waals surface area contributed by atoms with E-state index in [1.807, 2.05) is 62.1 Å². The topological polar surface area (TPSA) is 41.6 Å². The smallest absolute Gasteiger partial charge is 0.239 e. The lowest BCUT2D eigenvalue weighted by molar-refractivity contribution is -0.145. The van der Waals surface area contributed by atoms with Crippen molar-refractivity contribution in [2.24, 2.45) is 0 Å². The second-order valence-electron chi connectivity index (χ2n) is 7.14. The fraction of sp³-hybridized carbons (Fsp3) is 0.409. The number of carbonyl (C=O) groups excluding carboxylic acids is 1. The molecule has 3 rings (SSSR count). The Labute approximate surface area is 156 Å². The number of carbonyl (C=O) groups is 1. The molecule has 0 saturated carbocycles. The van der Waals surface area contributed by atoms with Gasteiger partial charge in [-0.2, -0.15) is 0 Å². The summed E-state index contributed by atoms with van der Waals surface area (Å²) in [5.41, 5.74) is 2.31. The molecule has 138 valence electrons. The molecule has 1 heterocycles. The molecule has 1 saturated heterocycles. The SMILES string of the molecule is C[C@@H]1CN(C(=O)[C@@H](C)NC(c2ccccc2)c2ccccc2)C[C@H](C)O1. The van der Waals surface area contributed by atoms with Crippen molar-refractivity contribution in [3.63, 3.8) is 0 Å². The van der Waals surface area contributed by atoms with Gasteiger partial charge in [0.15, 0.2) is 0 Å². The average Bonchev–Trinajstić information content (AvgIpc) is 2.66. The molecule has 0 bridgehead atoms. The zero-order chi connectivity index (χ0) is 18.5. The number of benzene rings is 2. The maximum absolute atomic E-state index is 13.0. The predicted octanol–water partition coefficient (Wildman–Crippen LogP) is 3.39. The van der Waals surface area contributed by atoms with E-state index in [1.54, 1.807) is 0 Å². The van der Waals surface area contributed by atoms with Crippen LogP contribution in [-0.4, -0.2) is 42.1 Å². The minimum atomic E-state index is -0.280. The van der Waals surface area contributed by atoms with E-state index in [0.717, 1.165) is 11.1 Å². The van der Waals surface area contributed by atoms with Gasteiger partial charge in [0, 0.05) is 13.1 Å². The van der Waals surface area contributed by atoms with Crippen molar-refractivity contribution in [1.82, 2.24) is 10.2 Å². The summed E-state index contributed by atoms with van der Waals surface area (Å²) in [4.78, 5) is 14.9. The van der Waals surface area contributed by atoms with Crippen LogP contribution >= 0.6 is 0 Å². The Morgan fingerprint density at radius 1 is 0.962 bits per heavy atom. The minimum absolute atomic E-state index is 0.0211. The summed E-state index contributed by atoms with van der Waals surface area (Å²) in [5.74, 6) is 0.129. The normalized spacial score (nSPS) is 21.6. The summed E-state index contributed by atoms with van der Waals surface area (Å²) < 4.78 is 5.75. The molecule has 1 aliphatic rings. The number of morpholine rings is 1. The lowest BCUT2D eigenvalue weighted by Gasteiger charge is -2.37. The monoisotopic (exact) mass is 352 g/mol. The Balaban J connectivity index is 1.77. The molecule has 0 aromatic heterocycles. The lowest BCUT2D eigenvalue weighted by Crippen LogP contribution is -2.53. The van der Waals surface area contributed by atoms with Crippen molar-refractivity contribution in [3.8, 4) is 0 Å². The summed E-state index contributed by atoms with van der Waals surface area (Å²) in [6.07, 6.45) is 0.155. The maximum atomic E-state index is 13.0. The summed E-state index contributed by atoms with van der Waals surface area (Å²) in [7, 11) is 0. The van der Waals surface area contributed by atoms with Crippen LogP contribution in [0.15, 0.2) is 60.7 Å². The quantitative estimate of drug-likeness (QED) is 0.897. The highest BCUT2D eigenvalue weighted by Gasteiger charge is 2.30. The van der Waals surface area contributed by atoms with Crippen LogP contribution in [0.2, 0.25) is 0 Å². The van der Waals surface area contributed by atoms with Crippen LogP contribution in [0.1, 0.15) is 37.9 Å². The number of hydrogen-bond acceptors (Lipinski definition) is 3. The minimum Gasteiger partial charge on any atom is -0.372 e. The van der Waals surface area contributed by atoms with Gasteiger partial charge in [0.05, 0.1) is 24.3 Å². The second kappa shape index (κ2) is 8.47. The number of nitrogens with zero attached hydrogens (tertiary/aromatic N) is 1. The molecule has 1 amide bonds. The zero-order valence-corrected chi connectivity index (χ0v) is 15.8. The Hall–Kier alpha value is -2.17.